The van der Waals surface area contributed by atoms with E-state index in [9.17, 15) is 28.8 Å². The van der Waals surface area contributed by atoms with Crippen molar-refractivity contribution >= 4 is 35.4 Å². The molecule has 0 saturated carbocycles. The number of methoxy groups -OCH3 is 4. The van der Waals surface area contributed by atoms with Gasteiger partial charge in [-0.25, -0.2) is 0 Å². The summed E-state index contributed by atoms with van der Waals surface area (Å²) in [6.07, 6.45) is 24.7. The number of ether oxygens (including phenoxy) is 6. The number of esters is 2. The maximum absolute atomic E-state index is 14.1. The van der Waals surface area contributed by atoms with E-state index in [1.807, 2.05) is 36.4 Å². The van der Waals surface area contributed by atoms with Crippen LogP contribution in [-0.2, 0) is 51.3 Å². The van der Waals surface area contributed by atoms with Crippen molar-refractivity contribution in [3.63, 3.8) is 0 Å². The number of hydrogen-bond donors (Lipinski definition) is 2. The lowest BCUT2D eigenvalue weighted by Crippen LogP contribution is -2.42. The molecule has 85 heavy (non-hydrogen) atoms. The Kier molecular flexibility index (Phi) is 29.5. The summed E-state index contributed by atoms with van der Waals surface area (Å²) in [6, 6.07) is 11.1. The zero-order chi connectivity index (χ0) is 62.7. The van der Waals surface area contributed by atoms with Gasteiger partial charge in [-0.2, -0.15) is 0 Å². The predicted molar refractivity (Wildman–Crippen MR) is 334 cm³/mol. The Morgan fingerprint density at radius 3 is 1.40 bits per heavy atom. The largest absolute Gasteiger partial charge is 0.493 e. The number of nitrogens with one attached hydrogen (secondary N) is 1. The van der Waals surface area contributed by atoms with Crippen LogP contribution in [0.2, 0.25) is 0 Å². The third-order valence-electron chi connectivity index (χ3n) is 16.2. The van der Waals surface area contributed by atoms with Gasteiger partial charge in [-0.15, -0.1) is 0 Å². The number of rotatable bonds is 25. The highest BCUT2D eigenvalue weighted by molar-refractivity contribution is 6.00. The molecule has 2 fully saturated rings. The monoisotopic (exact) mass is 1180 g/mol. The summed E-state index contributed by atoms with van der Waals surface area (Å²) in [4.78, 5) is 83.7. The maximum atomic E-state index is 14.1. The second-order valence-electron chi connectivity index (χ2n) is 23.0. The van der Waals surface area contributed by atoms with Crippen LogP contribution in [0.4, 0.5) is 0 Å². The van der Waals surface area contributed by atoms with Gasteiger partial charge in [0.05, 0.1) is 53.5 Å². The fourth-order valence-electron chi connectivity index (χ4n) is 11.7. The number of Topliss-reactive ketones (excluding diaryl/α,β-unsaturated/α-hetero) is 1. The van der Waals surface area contributed by atoms with Crippen molar-refractivity contribution in [2.75, 3.05) is 54.7 Å². The van der Waals surface area contributed by atoms with Crippen LogP contribution >= 0.6 is 0 Å². The molecule has 0 unspecified atom stereocenters. The van der Waals surface area contributed by atoms with Crippen molar-refractivity contribution in [1.82, 2.24) is 15.1 Å². The molecule has 2 saturated heterocycles. The van der Waals surface area contributed by atoms with Gasteiger partial charge in [0.25, 0.3) is 0 Å². The predicted octanol–water partition coefficient (Wildman–Crippen LogP) is 12.9. The lowest BCUT2D eigenvalue weighted by molar-refractivity contribution is -0.158. The Hall–Kier alpha value is -6.94. The van der Waals surface area contributed by atoms with Gasteiger partial charge < -0.3 is 54.1 Å². The van der Waals surface area contributed by atoms with Crippen LogP contribution in [0.3, 0.4) is 0 Å². The lowest BCUT2D eigenvalue weighted by Gasteiger charge is -2.34. The fourth-order valence-corrected chi connectivity index (χ4v) is 11.7. The Labute approximate surface area is 507 Å². The Morgan fingerprint density at radius 1 is 0.576 bits per heavy atom. The summed E-state index contributed by atoms with van der Waals surface area (Å²) >= 11 is 0. The summed E-state index contributed by atoms with van der Waals surface area (Å²) in [6.45, 7) is 19.6. The summed E-state index contributed by atoms with van der Waals surface area (Å²) in [7, 11) is 6.35. The highest BCUT2D eigenvalue weighted by Gasteiger charge is 2.62. The van der Waals surface area contributed by atoms with Gasteiger partial charge in [0.1, 0.15) is 16.6 Å². The molecule has 2 aliphatic heterocycles. The van der Waals surface area contributed by atoms with Crippen molar-refractivity contribution in [2.45, 2.75) is 178 Å². The number of nitrogens with zero attached hydrogens (tertiary/aromatic N) is 2. The number of amides is 3. The zero-order valence-electron chi connectivity index (χ0n) is 53.5. The normalized spacial score (nSPS) is 21.5. The molecule has 0 radical (unpaired) electrons. The average molecular weight is 1180 g/mol. The zero-order valence-corrected chi connectivity index (χ0v) is 53.5. The molecule has 3 N–H and O–H groups in total. The minimum atomic E-state index is -1.17. The molecular formula is C69H100N4O12. The van der Waals surface area contributed by atoms with Crippen molar-refractivity contribution < 1.29 is 57.2 Å². The molecule has 3 amide bonds. The molecule has 468 valence electrons. The van der Waals surface area contributed by atoms with Crippen LogP contribution < -0.4 is 30.0 Å². The third-order valence-corrected chi connectivity index (χ3v) is 16.2. The molecule has 2 aromatic carbocycles. The van der Waals surface area contributed by atoms with Crippen molar-refractivity contribution in [3.05, 3.63) is 118 Å². The first kappa shape index (κ1) is 70.5. The first-order chi connectivity index (χ1) is 40.7. The third kappa shape index (κ3) is 19.3. The molecule has 4 aliphatic rings. The van der Waals surface area contributed by atoms with E-state index in [1.165, 1.54) is 29.2 Å². The number of carbonyl (C=O) groups is 6. The number of allylic oxidation sites excluding steroid dienone is 8. The fraction of sp³-hybridized carbons (Fsp3) is 0.565. The van der Waals surface area contributed by atoms with Gasteiger partial charge in [-0.05, 0) is 162 Å². The Morgan fingerprint density at radius 2 is 1.00 bits per heavy atom. The van der Waals surface area contributed by atoms with E-state index in [2.05, 4.69) is 77.2 Å². The Balaban J connectivity index is 0.000000313. The molecular weight excluding hydrogens is 1080 g/mol. The van der Waals surface area contributed by atoms with Crippen LogP contribution in [0.15, 0.2) is 107 Å². The number of fused-ring (bicyclic) bond motifs is 2. The van der Waals surface area contributed by atoms with E-state index < -0.39 is 28.6 Å². The molecule has 2 aliphatic carbocycles. The first-order valence-corrected chi connectivity index (χ1v) is 30.6. The quantitative estimate of drug-likeness (QED) is 0.0703. The summed E-state index contributed by atoms with van der Waals surface area (Å²) in [5, 5.41) is 2.95. The van der Waals surface area contributed by atoms with Crippen LogP contribution in [0.5, 0.6) is 23.0 Å². The topological polar surface area (TPSA) is 202 Å². The minimum Gasteiger partial charge on any atom is -0.493 e. The number of hydrogen-bond acceptors (Lipinski definition) is 13. The molecule has 16 heteroatoms. The summed E-state index contributed by atoms with van der Waals surface area (Å²) in [5.41, 5.74) is 11.6. The molecule has 2 heterocycles. The molecule has 2 aromatic rings. The number of benzene rings is 2. The van der Waals surface area contributed by atoms with Gasteiger partial charge in [0.15, 0.2) is 23.0 Å². The van der Waals surface area contributed by atoms with Crippen LogP contribution in [0.25, 0.3) is 0 Å². The molecule has 6 rings (SSSR count). The lowest BCUT2D eigenvalue weighted by atomic mass is 9.69. The van der Waals surface area contributed by atoms with Crippen molar-refractivity contribution in [2.24, 2.45) is 28.4 Å². The van der Waals surface area contributed by atoms with E-state index in [1.54, 1.807) is 58.2 Å². The van der Waals surface area contributed by atoms with Crippen LogP contribution in [0, 0.1) is 22.7 Å². The second kappa shape index (κ2) is 35.5. The number of likely N-dealkylation sites (tertiary alicyclic amines) is 2. The summed E-state index contributed by atoms with van der Waals surface area (Å²) < 4.78 is 32.0. The average Bonchev–Trinajstić information content (AvgIpc) is 3.57. The molecule has 0 bridgehead atoms. The van der Waals surface area contributed by atoms with E-state index in [4.69, 9.17) is 34.2 Å². The van der Waals surface area contributed by atoms with Gasteiger partial charge in [0.2, 0.25) is 17.7 Å². The van der Waals surface area contributed by atoms with Gasteiger partial charge >= 0.3 is 11.9 Å². The van der Waals surface area contributed by atoms with Crippen molar-refractivity contribution in [1.29, 1.82) is 0 Å². The van der Waals surface area contributed by atoms with Gasteiger partial charge in [0, 0.05) is 50.4 Å². The van der Waals surface area contributed by atoms with Crippen LogP contribution in [-0.4, -0.2) is 100.0 Å². The maximum Gasteiger partial charge on any atom is 0.318 e. The molecule has 0 spiro atoms. The first-order valence-electron chi connectivity index (χ1n) is 30.6. The van der Waals surface area contributed by atoms with E-state index >= 15 is 0 Å². The van der Waals surface area contributed by atoms with Crippen molar-refractivity contribution in [3.8, 4) is 23.0 Å². The molecule has 16 nitrogen and oxygen atoms in total. The van der Waals surface area contributed by atoms with E-state index in [-0.39, 0.29) is 62.1 Å². The smallest absolute Gasteiger partial charge is 0.318 e. The van der Waals surface area contributed by atoms with Gasteiger partial charge in [-0.3, -0.25) is 24.0 Å². The molecule has 0 aromatic heterocycles. The number of ketones is 1. The van der Waals surface area contributed by atoms with Crippen LogP contribution in [0.1, 0.15) is 176 Å². The standard InChI is InChI=1S/C34H48N2O6.C26H39NO4.C9H13NO2/c1-7-42-33(39)34-19-11-9-8-10-15-30(34)36(20-18-25(4)14-12-13-24(2)3)32(38)27(34)22-31(37)35-23-26-16-17-28(40-5)29(21-26)41-6;1-6-31-25(30)26-16-10-8-7-9-14-23(26)27(24(29)22(26)18-21(5)28)17-15-20(4)13-11-12-19(2)3;1-11-8-4-3-7(6-10)5-9(8)12-2/h13,15-18,21,27H,7-12,14,19-20,22-23H2,1-6H3,(H,35,37);12,14-15,22H,6-11,13,16-18H2,1-5H3;3-5H,6,10H2,1-2H3/b25-18+,30-15+;20-15+,23-14+;/t27-,34-;22-,26-;/m11./s1. The summed E-state index contributed by atoms with van der Waals surface area (Å²) in [5.74, 6) is -0.303. The molecule has 4 atom stereocenters. The van der Waals surface area contributed by atoms with E-state index in [0.717, 1.165) is 105 Å². The highest BCUT2D eigenvalue weighted by Crippen LogP contribution is 2.54. The van der Waals surface area contributed by atoms with E-state index in [0.29, 0.717) is 49.7 Å². The Bertz CT molecular complexity index is 2780. The van der Waals surface area contributed by atoms with Gasteiger partial charge in [-0.1, -0.05) is 96.6 Å². The number of carbonyl (C=O) groups excluding carboxylic acids is 6. The second-order valence-corrected chi connectivity index (χ2v) is 23.0. The highest BCUT2D eigenvalue weighted by atomic mass is 16.5. The minimum absolute atomic E-state index is 0.0706. The number of nitrogens with two attached hydrogens (primary N) is 1. The SMILES string of the molecule is CCOC(=O)[C@@]12CCCCC/C=C\1N(C/C=C(\C)CCC=C(C)C)C(=O)[C@H]2CC(=O)NCc1ccc(OC)c(OC)c1.CCOC(=O)[C@@]12CCCCC/C=C\1N(C/C=C(\C)CCC=C(C)C)C(=O)[C@H]2CC(C)=O.COc1ccc(CN)cc1OC.